The van der Waals surface area contributed by atoms with E-state index in [1.165, 1.54) is 45.1 Å². The van der Waals surface area contributed by atoms with Gasteiger partial charge in [-0.25, -0.2) is 0 Å². The highest BCUT2D eigenvalue weighted by molar-refractivity contribution is 4.95. The molecular weight excluding hydrogens is 196 g/mol. The first-order valence-electron chi connectivity index (χ1n) is 7.10. The van der Waals surface area contributed by atoms with Crippen molar-refractivity contribution in [3.05, 3.63) is 0 Å². The van der Waals surface area contributed by atoms with E-state index in [0.717, 1.165) is 24.3 Å². The fourth-order valence-electron chi connectivity index (χ4n) is 3.07. The molecule has 16 heavy (non-hydrogen) atoms. The molecule has 3 atom stereocenters. The molecule has 2 rings (SSSR count). The van der Waals surface area contributed by atoms with Crippen LogP contribution in [0.2, 0.25) is 0 Å². The second-order valence-electron chi connectivity index (χ2n) is 6.34. The van der Waals surface area contributed by atoms with Crippen molar-refractivity contribution in [2.75, 3.05) is 13.1 Å². The second kappa shape index (κ2) is 5.05. The third-order valence-corrected chi connectivity index (χ3v) is 4.90. The highest BCUT2D eigenvalue weighted by Crippen LogP contribution is 2.36. The van der Waals surface area contributed by atoms with E-state index in [-0.39, 0.29) is 5.54 Å². The van der Waals surface area contributed by atoms with E-state index >= 15 is 0 Å². The van der Waals surface area contributed by atoms with Crippen molar-refractivity contribution in [1.82, 2.24) is 5.32 Å². The summed E-state index contributed by atoms with van der Waals surface area (Å²) in [6.45, 7) is 6.77. The van der Waals surface area contributed by atoms with Crippen molar-refractivity contribution in [2.45, 2.75) is 57.9 Å². The van der Waals surface area contributed by atoms with E-state index in [0.29, 0.717) is 0 Å². The largest absolute Gasteiger partial charge is 0.329 e. The molecule has 2 nitrogen and oxygen atoms in total. The molecule has 0 aromatic heterocycles. The van der Waals surface area contributed by atoms with Crippen molar-refractivity contribution in [1.29, 1.82) is 0 Å². The molecule has 0 bridgehead atoms. The minimum Gasteiger partial charge on any atom is -0.329 e. The van der Waals surface area contributed by atoms with Crippen LogP contribution in [0.5, 0.6) is 0 Å². The molecule has 0 aromatic rings. The maximum Gasteiger partial charge on any atom is 0.0306 e. The van der Waals surface area contributed by atoms with E-state index in [9.17, 15) is 0 Å². The zero-order valence-corrected chi connectivity index (χ0v) is 11.0. The summed E-state index contributed by atoms with van der Waals surface area (Å²) in [6, 6.07) is 0. The molecule has 2 fully saturated rings. The van der Waals surface area contributed by atoms with Crippen LogP contribution in [-0.4, -0.2) is 18.6 Å². The highest BCUT2D eigenvalue weighted by Gasteiger charge is 2.36. The normalized spacial score (nSPS) is 39.9. The van der Waals surface area contributed by atoms with Crippen molar-refractivity contribution in [3.8, 4) is 0 Å². The Balaban J connectivity index is 1.80. The number of hydrogen-bond donors (Lipinski definition) is 2. The van der Waals surface area contributed by atoms with Gasteiger partial charge in [-0.05, 0) is 50.0 Å². The summed E-state index contributed by atoms with van der Waals surface area (Å²) in [5, 5.41) is 3.78. The Bertz CT molecular complexity index is 225. The molecule has 0 radical (unpaired) electrons. The molecule has 0 aromatic carbocycles. The van der Waals surface area contributed by atoms with Crippen molar-refractivity contribution in [2.24, 2.45) is 23.5 Å². The Morgan fingerprint density at radius 2 is 1.94 bits per heavy atom. The van der Waals surface area contributed by atoms with Gasteiger partial charge in [0.05, 0.1) is 0 Å². The molecule has 2 saturated carbocycles. The van der Waals surface area contributed by atoms with E-state index < -0.39 is 0 Å². The Morgan fingerprint density at radius 1 is 1.19 bits per heavy atom. The maximum atomic E-state index is 6.02. The Hall–Kier alpha value is -0.0800. The Labute approximate surface area is 100 Å². The van der Waals surface area contributed by atoms with Crippen LogP contribution in [0.1, 0.15) is 52.4 Å². The van der Waals surface area contributed by atoms with Gasteiger partial charge in [0.1, 0.15) is 0 Å². The average Bonchev–Trinajstić information content (AvgIpc) is 3.08. The Kier molecular flexibility index (Phi) is 3.91. The average molecular weight is 224 g/mol. The summed E-state index contributed by atoms with van der Waals surface area (Å²) >= 11 is 0. The lowest BCUT2D eigenvalue weighted by Gasteiger charge is -2.43. The molecule has 2 heteroatoms. The first-order chi connectivity index (χ1) is 7.65. The van der Waals surface area contributed by atoms with Crippen molar-refractivity contribution in [3.63, 3.8) is 0 Å². The van der Waals surface area contributed by atoms with Crippen LogP contribution in [0.25, 0.3) is 0 Å². The SMILES string of the molecule is CC1CCC(CN)(NCCC2CC2)CC1C. The van der Waals surface area contributed by atoms with Gasteiger partial charge in [-0.3, -0.25) is 0 Å². The predicted molar refractivity (Wildman–Crippen MR) is 69.3 cm³/mol. The van der Waals surface area contributed by atoms with Crippen LogP contribution < -0.4 is 11.1 Å². The summed E-state index contributed by atoms with van der Waals surface area (Å²) in [7, 11) is 0. The molecule has 2 aliphatic carbocycles. The van der Waals surface area contributed by atoms with Crippen LogP contribution in [0.15, 0.2) is 0 Å². The lowest BCUT2D eigenvalue weighted by molar-refractivity contribution is 0.146. The van der Waals surface area contributed by atoms with Crippen LogP contribution in [0, 0.1) is 17.8 Å². The number of nitrogens with two attached hydrogens (primary N) is 1. The van der Waals surface area contributed by atoms with Gasteiger partial charge in [-0.15, -0.1) is 0 Å². The molecule has 0 amide bonds. The number of rotatable bonds is 5. The maximum absolute atomic E-state index is 6.02. The van der Waals surface area contributed by atoms with Gasteiger partial charge in [-0.2, -0.15) is 0 Å². The summed E-state index contributed by atoms with van der Waals surface area (Å²) in [6.07, 6.45) is 8.19. The van der Waals surface area contributed by atoms with Crippen LogP contribution >= 0.6 is 0 Å². The van der Waals surface area contributed by atoms with Gasteiger partial charge in [0.25, 0.3) is 0 Å². The second-order valence-corrected chi connectivity index (χ2v) is 6.34. The van der Waals surface area contributed by atoms with Gasteiger partial charge in [0, 0.05) is 12.1 Å². The summed E-state index contributed by atoms with van der Waals surface area (Å²) in [5.74, 6) is 2.73. The first-order valence-corrected chi connectivity index (χ1v) is 7.10. The highest BCUT2D eigenvalue weighted by atomic mass is 15.0. The van der Waals surface area contributed by atoms with Gasteiger partial charge >= 0.3 is 0 Å². The predicted octanol–water partition coefficient (Wildman–Crippen LogP) is 2.53. The molecule has 3 unspecified atom stereocenters. The van der Waals surface area contributed by atoms with Crippen molar-refractivity contribution >= 4 is 0 Å². The van der Waals surface area contributed by atoms with Crippen LogP contribution in [0.4, 0.5) is 0 Å². The van der Waals surface area contributed by atoms with E-state index in [4.69, 9.17) is 5.73 Å². The lowest BCUT2D eigenvalue weighted by Crippen LogP contribution is -2.55. The quantitative estimate of drug-likeness (QED) is 0.753. The van der Waals surface area contributed by atoms with Crippen molar-refractivity contribution < 1.29 is 0 Å². The van der Waals surface area contributed by atoms with Gasteiger partial charge < -0.3 is 11.1 Å². The van der Waals surface area contributed by atoms with Gasteiger partial charge in [-0.1, -0.05) is 26.7 Å². The molecule has 0 heterocycles. The summed E-state index contributed by atoms with van der Waals surface area (Å²) < 4.78 is 0. The Morgan fingerprint density at radius 3 is 2.50 bits per heavy atom. The number of nitrogens with one attached hydrogen (secondary N) is 1. The van der Waals surface area contributed by atoms with Crippen LogP contribution in [-0.2, 0) is 0 Å². The lowest BCUT2D eigenvalue weighted by atomic mass is 9.71. The summed E-state index contributed by atoms with van der Waals surface area (Å²) in [5.41, 5.74) is 6.28. The standard InChI is InChI=1S/C14H28N2/c1-11-5-7-14(10-15,9-12(11)2)16-8-6-13-3-4-13/h11-13,16H,3-10,15H2,1-2H3. The third-order valence-electron chi connectivity index (χ3n) is 4.90. The minimum absolute atomic E-state index is 0.265. The first kappa shape index (κ1) is 12.4. The molecule has 0 saturated heterocycles. The molecule has 0 aliphatic heterocycles. The zero-order chi connectivity index (χ0) is 11.6. The molecule has 94 valence electrons. The topological polar surface area (TPSA) is 38.0 Å². The fourth-order valence-corrected chi connectivity index (χ4v) is 3.07. The molecule has 2 aliphatic rings. The van der Waals surface area contributed by atoms with Gasteiger partial charge in [0.2, 0.25) is 0 Å². The summed E-state index contributed by atoms with van der Waals surface area (Å²) in [4.78, 5) is 0. The van der Waals surface area contributed by atoms with E-state index in [1.807, 2.05) is 0 Å². The minimum atomic E-state index is 0.265. The van der Waals surface area contributed by atoms with Crippen LogP contribution in [0.3, 0.4) is 0 Å². The fraction of sp³-hybridized carbons (Fsp3) is 1.00. The van der Waals surface area contributed by atoms with E-state index in [1.54, 1.807) is 0 Å². The van der Waals surface area contributed by atoms with Gasteiger partial charge in [0.15, 0.2) is 0 Å². The molecular formula is C14H28N2. The molecule has 0 spiro atoms. The smallest absolute Gasteiger partial charge is 0.0306 e. The zero-order valence-electron chi connectivity index (χ0n) is 11.0. The van der Waals surface area contributed by atoms with E-state index in [2.05, 4.69) is 19.2 Å². The number of hydrogen-bond acceptors (Lipinski definition) is 2. The monoisotopic (exact) mass is 224 g/mol. The molecule has 3 N–H and O–H groups in total. The third kappa shape index (κ3) is 2.98.